The molecule has 0 bridgehead atoms. The van der Waals surface area contributed by atoms with Crippen molar-refractivity contribution in [2.75, 3.05) is 33.2 Å². The van der Waals surface area contributed by atoms with E-state index in [1.54, 1.807) is 21.3 Å². The van der Waals surface area contributed by atoms with Crippen LogP contribution in [0.5, 0.6) is 17.2 Å². The third-order valence-electron chi connectivity index (χ3n) is 4.87. The lowest BCUT2D eigenvalue weighted by atomic mass is 10.1. The molecule has 2 aromatic carbocycles. The first-order chi connectivity index (χ1) is 13.2. The lowest BCUT2D eigenvalue weighted by molar-refractivity contribution is 0.324. The van der Waals surface area contributed by atoms with Gasteiger partial charge in [0.1, 0.15) is 5.82 Å². The van der Waals surface area contributed by atoms with Gasteiger partial charge in [-0.2, -0.15) is 5.10 Å². The van der Waals surface area contributed by atoms with E-state index in [2.05, 4.69) is 36.5 Å². The Morgan fingerprint density at radius 3 is 2.22 bits per heavy atom. The second kappa shape index (κ2) is 6.87. The van der Waals surface area contributed by atoms with Crippen molar-refractivity contribution in [3.63, 3.8) is 0 Å². The Morgan fingerprint density at radius 2 is 1.63 bits per heavy atom. The quantitative estimate of drug-likeness (QED) is 0.744. The molecule has 0 aliphatic carbocycles. The minimum atomic E-state index is 0.580. The minimum absolute atomic E-state index is 0.580. The van der Waals surface area contributed by atoms with Gasteiger partial charge in [-0.05, 0) is 37.6 Å². The van der Waals surface area contributed by atoms with Crippen LogP contribution in [0.1, 0.15) is 11.1 Å². The van der Waals surface area contributed by atoms with Gasteiger partial charge in [-0.15, -0.1) is 0 Å². The number of hydrogen-bond acceptors (Lipinski definition) is 5. The van der Waals surface area contributed by atoms with E-state index in [4.69, 9.17) is 19.3 Å². The maximum Gasteiger partial charge on any atom is 0.203 e. The van der Waals surface area contributed by atoms with Gasteiger partial charge in [0.25, 0.3) is 0 Å². The third-order valence-corrected chi connectivity index (χ3v) is 4.87. The molecule has 0 radical (unpaired) electrons. The lowest BCUT2D eigenvalue weighted by Crippen LogP contribution is -2.04. The van der Waals surface area contributed by atoms with Gasteiger partial charge in [-0.3, -0.25) is 0 Å². The summed E-state index contributed by atoms with van der Waals surface area (Å²) in [7, 11) is 4.85. The largest absolute Gasteiger partial charge is 0.493 e. The van der Waals surface area contributed by atoms with Crippen LogP contribution in [0.2, 0.25) is 0 Å². The zero-order valence-electron chi connectivity index (χ0n) is 16.0. The first-order valence-electron chi connectivity index (χ1n) is 8.89. The fourth-order valence-electron chi connectivity index (χ4n) is 3.50. The molecule has 6 heteroatoms. The van der Waals surface area contributed by atoms with Gasteiger partial charge in [0.05, 0.1) is 32.7 Å². The molecule has 0 saturated heterocycles. The second-order valence-corrected chi connectivity index (χ2v) is 6.51. The molecule has 0 unspecified atom stereocenters. The summed E-state index contributed by atoms with van der Waals surface area (Å²) in [5, 5.41) is 8.38. The van der Waals surface area contributed by atoms with Gasteiger partial charge in [-0.25, -0.2) is 4.68 Å². The Hall–Kier alpha value is -3.15. The van der Waals surface area contributed by atoms with Crippen molar-refractivity contribution >= 4 is 5.82 Å². The summed E-state index contributed by atoms with van der Waals surface area (Å²) >= 11 is 0. The van der Waals surface area contributed by atoms with E-state index in [0.717, 1.165) is 35.7 Å². The van der Waals surface area contributed by atoms with E-state index in [0.29, 0.717) is 17.2 Å². The molecule has 3 aromatic rings. The first kappa shape index (κ1) is 17.3. The van der Waals surface area contributed by atoms with Gasteiger partial charge in [0.15, 0.2) is 11.5 Å². The van der Waals surface area contributed by atoms with Gasteiger partial charge >= 0.3 is 0 Å². The molecule has 1 aliphatic rings. The Labute approximate surface area is 158 Å². The van der Waals surface area contributed by atoms with Crippen LogP contribution < -0.4 is 19.5 Å². The number of hydrogen-bond donors (Lipinski definition) is 1. The number of nitrogens with one attached hydrogen (secondary N) is 1. The number of ether oxygens (including phenoxy) is 3. The molecule has 1 N–H and O–H groups in total. The summed E-state index contributed by atoms with van der Waals surface area (Å²) < 4.78 is 18.4. The monoisotopic (exact) mass is 365 g/mol. The Bertz CT molecular complexity index is 952. The summed E-state index contributed by atoms with van der Waals surface area (Å²) in [4.78, 5) is 0. The van der Waals surface area contributed by atoms with Crippen molar-refractivity contribution in [1.82, 2.24) is 9.78 Å². The van der Waals surface area contributed by atoms with Crippen LogP contribution in [0.4, 0.5) is 5.82 Å². The summed E-state index contributed by atoms with van der Waals surface area (Å²) in [5.41, 5.74) is 5.32. The zero-order valence-corrected chi connectivity index (χ0v) is 16.0. The van der Waals surface area contributed by atoms with Gasteiger partial charge < -0.3 is 19.5 Å². The number of aryl methyl sites for hydroxylation is 1. The average molecular weight is 365 g/mol. The number of anilines is 1. The molecule has 6 nitrogen and oxygen atoms in total. The predicted octanol–water partition coefficient (Wildman–Crippen LogP) is 3.84. The molecule has 4 rings (SSSR count). The van der Waals surface area contributed by atoms with E-state index < -0.39 is 0 Å². The molecule has 0 fully saturated rings. The van der Waals surface area contributed by atoms with E-state index >= 15 is 0 Å². The van der Waals surface area contributed by atoms with E-state index in [1.807, 2.05) is 16.8 Å². The van der Waals surface area contributed by atoms with E-state index in [9.17, 15) is 0 Å². The summed E-state index contributed by atoms with van der Waals surface area (Å²) in [6.07, 6.45) is 0.924. The highest BCUT2D eigenvalue weighted by Gasteiger charge is 2.25. The molecule has 2 heterocycles. The number of aromatic nitrogens is 2. The molecule has 0 amide bonds. The molecule has 27 heavy (non-hydrogen) atoms. The van der Waals surface area contributed by atoms with Crippen molar-refractivity contribution in [2.24, 2.45) is 0 Å². The molecule has 140 valence electrons. The SMILES string of the molecule is COc1cc(-c2nn(-c3ccc(C)cc3)c3c2CCN3)cc(OC)c1OC. The minimum Gasteiger partial charge on any atom is -0.493 e. The van der Waals surface area contributed by atoms with Crippen LogP contribution in [0, 0.1) is 6.92 Å². The number of rotatable bonds is 5. The Balaban J connectivity index is 1.88. The van der Waals surface area contributed by atoms with Gasteiger partial charge in [-0.1, -0.05) is 17.7 Å². The normalized spacial score (nSPS) is 12.4. The molecule has 1 aliphatic heterocycles. The zero-order chi connectivity index (χ0) is 19.0. The van der Waals surface area contributed by atoms with Crippen LogP contribution in [-0.2, 0) is 6.42 Å². The number of nitrogens with zero attached hydrogens (tertiary/aromatic N) is 2. The fourth-order valence-corrected chi connectivity index (χ4v) is 3.50. The first-order valence-corrected chi connectivity index (χ1v) is 8.89. The number of fused-ring (bicyclic) bond motifs is 1. The highest BCUT2D eigenvalue weighted by Crippen LogP contribution is 2.43. The summed E-state index contributed by atoms with van der Waals surface area (Å²) in [5.74, 6) is 2.87. The third kappa shape index (κ3) is 2.87. The second-order valence-electron chi connectivity index (χ2n) is 6.51. The average Bonchev–Trinajstić information content (AvgIpc) is 3.30. The maximum absolute atomic E-state index is 5.51. The van der Waals surface area contributed by atoms with Crippen LogP contribution in [-0.4, -0.2) is 37.7 Å². The van der Waals surface area contributed by atoms with Crippen LogP contribution in [0.3, 0.4) is 0 Å². The fraction of sp³-hybridized carbons (Fsp3) is 0.286. The smallest absolute Gasteiger partial charge is 0.203 e. The van der Waals surface area contributed by atoms with Crippen molar-refractivity contribution in [2.45, 2.75) is 13.3 Å². The number of methoxy groups -OCH3 is 3. The highest BCUT2D eigenvalue weighted by molar-refractivity contribution is 5.76. The topological polar surface area (TPSA) is 57.5 Å². The number of benzene rings is 2. The van der Waals surface area contributed by atoms with Crippen LogP contribution in [0.25, 0.3) is 16.9 Å². The molecular formula is C21H23N3O3. The van der Waals surface area contributed by atoms with Crippen molar-refractivity contribution in [3.05, 3.63) is 47.5 Å². The van der Waals surface area contributed by atoms with E-state index in [-0.39, 0.29) is 0 Å². The van der Waals surface area contributed by atoms with Crippen molar-refractivity contribution in [1.29, 1.82) is 0 Å². The standard InChI is InChI=1S/C21H23N3O3/c1-13-5-7-15(8-6-13)24-21-16(9-10-22-21)19(23-24)14-11-17(25-2)20(27-4)18(12-14)26-3/h5-8,11-12,22H,9-10H2,1-4H3. The van der Waals surface area contributed by atoms with Crippen LogP contribution in [0.15, 0.2) is 36.4 Å². The van der Waals surface area contributed by atoms with Crippen molar-refractivity contribution in [3.8, 4) is 34.2 Å². The maximum atomic E-state index is 5.51. The van der Waals surface area contributed by atoms with Gasteiger partial charge in [0.2, 0.25) is 5.75 Å². The van der Waals surface area contributed by atoms with E-state index in [1.165, 1.54) is 11.1 Å². The lowest BCUT2D eigenvalue weighted by Gasteiger charge is -2.13. The molecule has 1 aromatic heterocycles. The Kier molecular flexibility index (Phi) is 4.39. The van der Waals surface area contributed by atoms with Crippen LogP contribution >= 0.6 is 0 Å². The summed E-state index contributed by atoms with van der Waals surface area (Å²) in [6.45, 7) is 2.98. The Morgan fingerprint density at radius 1 is 0.963 bits per heavy atom. The molecule has 0 atom stereocenters. The molecule has 0 spiro atoms. The highest BCUT2D eigenvalue weighted by atomic mass is 16.5. The van der Waals surface area contributed by atoms with Gasteiger partial charge in [0, 0.05) is 17.7 Å². The van der Waals surface area contributed by atoms with Crippen molar-refractivity contribution < 1.29 is 14.2 Å². The predicted molar refractivity (Wildman–Crippen MR) is 106 cm³/mol. The summed E-state index contributed by atoms with van der Waals surface area (Å²) in [6, 6.07) is 12.3. The molecular weight excluding hydrogens is 342 g/mol. The molecule has 0 saturated carbocycles.